The molecule has 0 N–H and O–H groups in total. The fourth-order valence-corrected chi connectivity index (χ4v) is 5.09. The van der Waals surface area contributed by atoms with E-state index in [1.54, 1.807) is 16.4 Å². The first-order valence-electron chi connectivity index (χ1n) is 8.41. The topological polar surface area (TPSA) is 63.7 Å². The molecule has 0 aromatic heterocycles. The number of rotatable bonds is 5. The average Bonchev–Trinajstić information content (AvgIpc) is 2.54. The second-order valence-corrected chi connectivity index (χ2v) is 8.80. The third kappa shape index (κ3) is 4.16. The molecule has 1 heterocycles. The Morgan fingerprint density at radius 3 is 2.46 bits per heavy atom. The SMILES string of the molecule is COC(=O)C[C@H]1CCN(S(=O)(=O)c2ccc(C)cc2)[C@@H](C(C)C)C1. The molecule has 0 aliphatic carbocycles. The molecule has 24 heavy (non-hydrogen) atoms. The minimum Gasteiger partial charge on any atom is -0.469 e. The zero-order valence-electron chi connectivity index (χ0n) is 14.9. The van der Waals surface area contributed by atoms with Gasteiger partial charge in [-0.15, -0.1) is 0 Å². The van der Waals surface area contributed by atoms with Gasteiger partial charge in [0.25, 0.3) is 0 Å². The number of carbonyl (C=O) groups excluding carboxylic acids is 1. The van der Waals surface area contributed by atoms with Crippen molar-refractivity contribution in [1.82, 2.24) is 4.31 Å². The van der Waals surface area contributed by atoms with E-state index in [9.17, 15) is 13.2 Å². The van der Waals surface area contributed by atoms with E-state index in [2.05, 4.69) is 0 Å². The lowest BCUT2D eigenvalue weighted by molar-refractivity contribution is -0.142. The van der Waals surface area contributed by atoms with Gasteiger partial charge in [-0.25, -0.2) is 8.42 Å². The third-order valence-corrected chi connectivity index (χ3v) is 6.72. The number of nitrogens with zero attached hydrogens (tertiary/aromatic N) is 1. The van der Waals surface area contributed by atoms with Crippen LogP contribution in [-0.2, 0) is 19.6 Å². The van der Waals surface area contributed by atoms with Crippen LogP contribution in [-0.4, -0.2) is 38.4 Å². The largest absolute Gasteiger partial charge is 0.469 e. The molecule has 0 radical (unpaired) electrons. The molecule has 134 valence electrons. The lowest BCUT2D eigenvalue weighted by Crippen LogP contribution is -2.48. The maximum absolute atomic E-state index is 13.0. The van der Waals surface area contributed by atoms with E-state index in [1.165, 1.54) is 7.11 Å². The van der Waals surface area contributed by atoms with Gasteiger partial charge in [-0.05, 0) is 43.7 Å². The second-order valence-electron chi connectivity index (χ2n) is 6.91. The zero-order valence-corrected chi connectivity index (χ0v) is 15.7. The van der Waals surface area contributed by atoms with Crippen LogP contribution in [0.4, 0.5) is 0 Å². The van der Waals surface area contributed by atoms with Crippen LogP contribution in [0.2, 0.25) is 0 Å². The summed E-state index contributed by atoms with van der Waals surface area (Å²) in [7, 11) is -2.13. The highest BCUT2D eigenvalue weighted by atomic mass is 32.2. The van der Waals surface area contributed by atoms with Crippen molar-refractivity contribution in [1.29, 1.82) is 0 Å². The quantitative estimate of drug-likeness (QED) is 0.764. The summed E-state index contributed by atoms with van der Waals surface area (Å²) in [5.41, 5.74) is 1.03. The Labute approximate surface area is 145 Å². The van der Waals surface area contributed by atoms with E-state index in [4.69, 9.17) is 4.74 Å². The molecule has 0 spiro atoms. The van der Waals surface area contributed by atoms with Crippen molar-refractivity contribution in [2.45, 2.75) is 51.0 Å². The van der Waals surface area contributed by atoms with Crippen LogP contribution >= 0.6 is 0 Å². The minimum absolute atomic E-state index is 0.0975. The van der Waals surface area contributed by atoms with Crippen molar-refractivity contribution in [2.75, 3.05) is 13.7 Å². The first-order valence-corrected chi connectivity index (χ1v) is 9.85. The van der Waals surface area contributed by atoms with Crippen LogP contribution in [0.5, 0.6) is 0 Å². The standard InChI is InChI=1S/C18H27NO4S/c1-13(2)17-11-15(12-18(20)23-4)9-10-19(17)24(21,22)16-7-5-14(3)6-8-16/h5-8,13,15,17H,9-12H2,1-4H3/t15-,17+/m0/s1. The van der Waals surface area contributed by atoms with Crippen molar-refractivity contribution in [3.8, 4) is 0 Å². The molecule has 0 saturated carbocycles. The molecule has 6 heteroatoms. The van der Waals surface area contributed by atoms with Gasteiger partial charge in [0.05, 0.1) is 12.0 Å². The Morgan fingerprint density at radius 1 is 1.29 bits per heavy atom. The number of sulfonamides is 1. The molecule has 0 unspecified atom stereocenters. The molecule has 0 amide bonds. The van der Waals surface area contributed by atoms with Gasteiger partial charge >= 0.3 is 5.97 Å². The number of benzene rings is 1. The summed E-state index contributed by atoms with van der Waals surface area (Å²) in [6.07, 6.45) is 1.74. The number of hydrogen-bond donors (Lipinski definition) is 0. The van der Waals surface area contributed by atoms with E-state index < -0.39 is 10.0 Å². The van der Waals surface area contributed by atoms with Gasteiger partial charge in [0.1, 0.15) is 0 Å². The highest BCUT2D eigenvalue weighted by Gasteiger charge is 2.38. The average molecular weight is 353 g/mol. The van der Waals surface area contributed by atoms with Crippen molar-refractivity contribution in [2.24, 2.45) is 11.8 Å². The normalized spacial score (nSPS) is 22.5. The molecule has 1 aromatic rings. The minimum atomic E-state index is -3.51. The van der Waals surface area contributed by atoms with Crippen LogP contribution in [0.15, 0.2) is 29.2 Å². The Balaban J connectivity index is 2.22. The molecule has 1 aliphatic rings. The van der Waals surface area contributed by atoms with Gasteiger partial charge in [0.2, 0.25) is 10.0 Å². The molecule has 2 rings (SSSR count). The van der Waals surface area contributed by atoms with Crippen molar-refractivity contribution >= 4 is 16.0 Å². The fourth-order valence-electron chi connectivity index (χ4n) is 3.31. The molecular weight excluding hydrogens is 326 g/mol. The summed E-state index contributed by atoms with van der Waals surface area (Å²) < 4.78 is 32.4. The Hall–Kier alpha value is -1.40. The molecule has 1 saturated heterocycles. The summed E-state index contributed by atoms with van der Waals surface area (Å²) in [6, 6.07) is 6.88. The van der Waals surface area contributed by atoms with Crippen LogP contribution in [0.3, 0.4) is 0 Å². The van der Waals surface area contributed by atoms with E-state index in [1.807, 2.05) is 32.9 Å². The molecule has 2 atom stereocenters. The van der Waals surface area contributed by atoms with Crippen LogP contribution < -0.4 is 0 Å². The summed E-state index contributed by atoms with van der Waals surface area (Å²) in [6.45, 7) is 6.44. The molecule has 5 nitrogen and oxygen atoms in total. The first-order chi connectivity index (χ1) is 11.3. The van der Waals surface area contributed by atoms with E-state index >= 15 is 0 Å². The predicted octanol–water partition coefficient (Wildman–Crippen LogP) is 2.98. The van der Waals surface area contributed by atoms with Gasteiger partial charge in [-0.2, -0.15) is 4.31 Å². The number of methoxy groups -OCH3 is 1. The lowest BCUT2D eigenvalue weighted by Gasteiger charge is -2.40. The van der Waals surface area contributed by atoms with Crippen molar-refractivity contribution < 1.29 is 17.9 Å². The van der Waals surface area contributed by atoms with Crippen LogP contribution in [0.1, 0.15) is 38.7 Å². The second kappa shape index (κ2) is 7.66. The van der Waals surface area contributed by atoms with Crippen molar-refractivity contribution in [3.05, 3.63) is 29.8 Å². The van der Waals surface area contributed by atoms with Gasteiger partial charge in [0, 0.05) is 19.0 Å². The Kier molecular flexibility index (Phi) is 6.04. The van der Waals surface area contributed by atoms with Gasteiger partial charge in [-0.3, -0.25) is 4.79 Å². The maximum Gasteiger partial charge on any atom is 0.305 e. The fraction of sp³-hybridized carbons (Fsp3) is 0.611. The van der Waals surface area contributed by atoms with E-state index in [0.29, 0.717) is 30.7 Å². The van der Waals surface area contributed by atoms with Crippen molar-refractivity contribution in [3.63, 3.8) is 0 Å². The smallest absolute Gasteiger partial charge is 0.305 e. The molecule has 1 aromatic carbocycles. The maximum atomic E-state index is 13.0. The number of esters is 1. The summed E-state index contributed by atoms with van der Waals surface area (Å²) in [5, 5.41) is 0. The number of piperidine rings is 1. The number of carbonyl (C=O) groups is 1. The van der Waals surface area contributed by atoms with Crippen LogP contribution in [0.25, 0.3) is 0 Å². The van der Waals surface area contributed by atoms with Crippen LogP contribution in [0, 0.1) is 18.8 Å². The van der Waals surface area contributed by atoms with Gasteiger partial charge in [-0.1, -0.05) is 31.5 Å². The Bertz CT molecular complexity index is 667. The molecular formula is C18H27NO4S. The highest BCUT2D eigenvalue weighted by Crippen LogP contribution is 2.33. The van der Waals surface area contributed by atoms with E-state index in [-0.39, 0.29) is 23.8 Å². The van der Waals surface area contributed by atoms with E-state index in [0.717, 1.165) is 5.56 Å². The summed E-state index contributed by atoms with van der Waals surface area (Å²) in [5.74, 6) is 0.136. The number of aryl methyl sites for hydroxylation is 1. The highest BCUT2D eigenvalue weighted by molar-refractivity contribution is 7.89. The number of hydrogen-bond acceptors (Lipinski definition) is 4. The van der Waals surface area contributed by atoms with Gasteiger partial charge < -0.3 is 4.74 Å². The van der Waals surface area contributed by atoms with Gasteiger partial charge in [0.15, 0.2) is 0 Å². The number of ether oxygens (including phenoxy) is 1. The summed E-state index contributed by atoms with van der Waals surface area (Å²) >= 11 is 0. The summed E-state index contributed by atoms with van der Waals surface area (Å²) in [4.78, 5) is 11.9. The molecule has 1 aliphatic heterocycles. The third-order valence-electron chi connectivity index (χ3n) is 4.78. The molecule has 0 bridgehead atoms. The first kappa shape index (κ1) is 18.9. The predicted molar refractivity (Wildman–Crippen MR) is 93.1 cm³/mol. The monoisotopic (exact) mass is 353 g/mol. The zero-order chi connectivity index (χ0) is 17.9. The molecule has 1 fully saturated rings. The Morgan fingerprint density at radius 2 is 1.92 bits per heavy atom. The lowest BCUT2D eigenvalue weighted by atomic mass is 9.85.